The average molecular weight is 174 g/mol. The van der Waals surface area contributed by atoms with Crippen LogP contribution in [0.25, 0.3) is 0 Å². The van der Waals surface area contributed by atoms with Crippen LogP contribution >= 0.6 is 0 Å². The van der Waals surface area contributed by atoms with E-state index in [9.17, 15) is 4.79 Å². The van der Waals surface area contributed by atoms with E-state index >= 15 is 0 Å². The summed E-state index contributed by atoms with van der Waals surface area (Å²) in [6.07, 6.45) is 2.30. The van der Waals surface area contributed by atoms with Crippen LogP contribution in [0.1, 0.15) is 23.8 Å². The SMILES string of the molecule is CCC#CNC(=O)c1ccccn1. The quantitative estimate of drug-likeness (QED) is 0.513. The highest BCUT2D eigenvalue weighted by atomic mass is 16.1. The van der Waals surface area contributed by atoms with E-state index in [-0.39, 0.29) is 5.91 Å². The fourth-order valence-electron chi connectivity index (χ4n) is 0.750. The van der Waals surface area contributed by atoms with Crippen molar-refractivity contribution < 1.29 is 4.79 Å². The van der Waals surface area contributed by atoms with Gasteiger partial charge in [-0.3, -0.25) is 15.1 Å². The smallest absolute Gasteiger partial charge is 0.280 e. The van der Waals surface area contributed by atoms with Crippen LogP contribution in [0, 0.1) is 12.0 Å². The number of nitrogens with one attached hydrogen (secondary N) is 1. The zero-order valence-electron chi connectivity index (χ0n) is 7.37. The van der Waals surface area contributed by atoms with Crippen molar-refractivity contribution in [2.24, 2.45) is 0 Å². The standard InChI is InChI=1S/C10H10N2O/c1-2-3-7-12-10(13)9-6-4-5-8-11-9/h4-6,8H,2H2,1H3,(H,12,13). The van der Waals surface area contributed by atoms with Crippen LogP contribution in [0.4, 0.5) is 0 Å². The number of aromatic nitrogens is 1. The molecule has 0 spiro atoms. The fraction of sp³-hybridized carbons (Fsp3) is 0.200. The van der Waals surface area contributed by atoms with Gasteiger partial charge < -0.3 is 0 Å². The zero-order chi connectivity index (χ0) is 9.52. The van der Waals surface area contributed by atoms with E-state index in [0.29, 0.717) is 5.69 Å². The van der Waals surface area contributed by atoms with Crippen LogP contribution in [0.15, 0.2) is 24.4 Å². The zero-order valence-corrected chi connectivity index (χ0v) is 7.37. The van der Waals surface area contributed by atoms with Gasteiger partial charge in [-0.05, 0) is 12.1 Å². The van der Waals surface area contributed by atoms with Crippen molar-refractivity contribution in [1.82, 2.24) is 10.3 Å². The Morgan fingerprint density at radius 3 is 3.08 bits per heavy atom. The number of amides is 1. The molecule has 3 heteroatoms. The number of hydrogen-bond acceptors (Lipinski definition) is 2. The van der Waals surface area contributed by atoms with Crippen molar-refractivity contribution in [2.75, 3.05) is 0 Å². The van der Waals surface area contributed by atoms with Gasteiger partial charge in [0.2, 0.25) is 0 Å². The van der Waals surface area contributed by atoms with E-state index in [2.05, 4.69) is 22.3 Å². The summed E-state index contributed by atoms with van der Waals surface area (Å²) in [6.45, 7) is 1.92. The van der Waals surface area contributed by atoms with Crippen LogP contribution in [-0.4, -0.2) is 10.9 Å². The molecule has 0 saturated heterocycles. The molecule has 1 aromatic heterocycles. The molecule has 1 heterocycles. The molecule has 0 saturated carbocycles. The Kier molecular flexibility index (Phi) is 3.52. The molecule has 0 aliphatic carbocycles. The molecule has 1 amide bonds. The van der Waals surface area contributed by atoms with Crippen LogP contribution in [0.3, 0.4) is 0 Å². The molecule has 0 unspecified atom stereocenters. The second kappa shape index (κ2) is 4.94. The Bertz CT molecular complexity index is 335. The molecule has 1 rings (SSSR count). The molecule has 0 radical (unpaired) electrons. The highest BCUT2D eigenvalue weighted by molar-refractivity contribution is 5.93. The summed E-state index contributed by atoms with van der Waals surface area (Å²) >= 11 is 0. The van der Waals surface area contributed by atoms with E-state index in [4.69, 9.17) is 0 Å². The number of pyridine rings is 1. The number of nitrogens with zero attached hydrogens (tertiary/aromatic N) is 1. The van der Waals surface area contributed by atoms with E-state index in [0.717, 1.165) is 6.42 Å². The first kappa shape index (κ1) is 9.27. The number of carbonyl (C=O) groups is 1. The summed E-state index contributed by atoms with van der Waals surface area (Å²) in [7, 11) is 0. The van der Waals surface area contributed by atoms with Crippen LogP contribution in [0.2, 0.25) is 0 Å². The lowest BCUT2D eigenvalue weighted by molar-refractivity contribution is 0.0968. The van der Waals surface area contributed by atoms with Gasteiger partial charge in [-0.1, -0.05) is 18.9 Å². The number of rotatable bonds is 1. The Labute approximate surface area is 77.2 Å². The van der Waals surface area contributed by atoms with Crippen molar-refractivity contribution in [2.45, 2.75) is 13.3 Å². The van der Waals surface area contributed by atoms with Gasteiger partial charge in [-0.25, -0.2) is 0 Å². The first-order chi connectivity index (χ1) is 6.34. The van der Waals surface area contributed by atoms with E-state index in [1.54, 1.807) is 24.4 Å². The summed E-state index contributed by atoms with van der Waals surface area (Å²) in [5, 5.41) is 2.44. The van der Waals surface area contributed by atoms with Gasteiger partial charge in [0.05, 0.1) is 0 Å². The first-order valence-electron chi connectivity index (χ1n) is 4.04. The van der Waals surface area contributed by atoms with Crippen LogP contribution < -0.4 is 5.32 Å². The summed E-state index contributed by atoms with van der Waals surface area (Å²) in [5.41, 5.74) is 0.382. The normalized spacial score (nSPS) is 8.38. The summed E-state index contributed by atoms with van der Waals surface area (Å²) in [4.78, 5) is 15.1. The molecule has 13 heavy (non-hydrogen) atoms. The molecule has 66 valence electrons. The maximum absolute atomic E-state index is 11.2. The van der Waals surface area contributed by atoms with Gasteiger partial charge in [0.1, 0.15) is 5.69 Å². The third kappa shape index (κ3) is 2.96. The predicted molar refractivity (Wildman–Crippen MR) is 49.8 cm³/mol. The molecule has 3 nitrogen and oxygen atoms in total. The molecule has 1 N–H and O–H groups in total. The first-order valence-corrected chi connectivity index (χ1v) is 4.04. The number of carbonyl (C=O) groups excluding carboxylic acids is 1. The van der Waals surface area contributed by atoms with E-state index in [1.165, 1.54) is 0 Å². The van der Waals surface area contributed by atoms with Crippen molar-refractivity contribution in [1.29, 1.82) is 0 Å². The Hall–Kier alpha value is -1.82. The van der Waals surface area contributed by atoms with Crippen molar-refractivity contribution in [3.05, 3.63) is 30.1 Å². The molecule has 0 aromatic carbocycles. The van der Waals surface area contributed by atoms with Crippen LogP contribution in [-0.2, 0) is 0 Å². The molecule has 0 atom stereocenters. The van der Waals surface area contributed by atoms with Crippen molar-refractivity contribution >= 4 is 5.91 Å². The maximum atomic E-state index is 11.2. The van der Waals surface area contributed by atoms with Gasteiger partial charge in [-0.15, -0.1) is 0 Å². The van der Waals surface area contributed by atoms with Gasteiger partial charge in [0, 0.05) is 18.7 Å². The number of hydrogen-bond donors (Lipinski definition) is 1. The minimum absolute atomic E-state index is 0.262. The lowest BCUT2D eigenvalue weighted by Crippen LogP contribution is -2.18. The molecule has 1 aromatic rings. The Morgan fingerprint density at radius 1 is 1.62 bits per heavy atom. The molecular formula is C10H10N2O. The highest BCUT2D eigenvalue weighted by Gasteiger charge is 2.01. The highest BCUT2D eigenvalue weighted by Crippen LogP contribution is 1.91. The predicted octanol–water partition coefficient (Wildman–Crippen LogP) is 1.18. The molecule has 0 aliphatic rings. The van der Waals surface area contributed by atoms with Gasteiger partial charge in [0.15, 0.2) is 0 Å². The topological polar surface area (TPSA) is 42.0 Å². The molecular weight excluding hydrogens is 164 g/mol. The molecule has 0 aliphatic heterocycles. The van der Waals surface area contributed by atoms with Gasteiger partial charge in [-0.2, -0.15) is 0 Å². The monoisotopic (exact) mass is 174 g/mol. The molecule has 0 fully saturated rings. The average Bonchev–Trinajstić information content (AvgIpc) is 2.19. The van der Waals surface area contributed by atoms with Crippen LogP contribution in [0.5, 0.6) is 0 Å². The minimum atomic E-state index is -0.262. The second-order valence-corrected chi connectivity index (χ2v) is 2.32. The fourth-order valence-corrected chi connectivity index (χ4v) is 0.750. The summed E-state index contributed by atoms with van der Waals surface area (Å²) in [5.74, 6) is 2.48. The minimum Gasteiger partial charge on any atom is -0.280 e. The summed E-state index contributed by atoms with van der Waals surface area (Å²) < 4.78 is 0. The Balaban J connectivity index is 2.60. The van der Waals surface area contributed by atoms with Gasteiger partial charge in [0.25, 0.3) is 5.91 Å². The van der Waals surface area contributed by atoms with Crippen molar-refractivity contribution in [3.63, 3.8) is 0 Å². The van der Waals surface area contributed by atoms with Crippen molar-refractivity contribution in [3.8, 4) is 12.0 Å². The third-order valence-electron chi connectivity index (χ3n) is 1.34. The second-order valence-electron chi connectivity index (χ2n) is 2.32. The lowest BCUT2D eigenvalue weighted by Gasteiger charge is -1.94. The maximum Gasteiger partial charge on any atom is 0.281 e. The largest absolute Gasteiger partial charge is 0.281 e. The van der Waals surface area contributed by atoms with E-state index < -0.39 is 0 Å². The Morgan fingerprint density at radius 2 is 2.46 bits per heavy atom. The summed E-state index contributed by atoms with van der Waals surface area (Å²) in [6, 6.07) is 7.70. The molecule has 0 bridgehead atoms. The van der Waals surface area contributed by atoms with Gasteiger partial charge >= 0.3 is 0 Å². The third-order valence-corrected chi connectivity index (χ3v) is 1.34. The lowest BCUT2D eigenvalue weighted by atomic mass is 10.3. The van der Waals surface area contributed by atoms with E-state index in [1.807, 2.05) is 6.92 Å².